The maximum atomic E-state index is 12.8. The van der Waals surface area contributed by atoms with E-state index in [-0.39, 0.29) is 32.7 Å². The van der Waals surface area contributed by atoms with E-state index in [2.05, 4.69) is 178 Å². The van der Waals surface area contributed by atoms with Gasteiger partial charge in [-0.3, -0.25) is 9.59 Å². The summed E-state index contributed by atoms with van der Waals surface area (Å²) in [5.41, 5.74) is 0. The topological polar surface area (TPSA) is 111 Å². The molecule has 0 rings (SSSR count). The third-order valence-corrected chi connectivity index (χ3v) is 11.0. The van der Waals surface area contributed by atoms with Gasteiger partial charge in [0.05, 0.1) is 40.3 Å². The Kier molecular flexibility index (Phi) is 51.0. The van der Waals surface area contributed by atoms with Crippen molar-refractivity contribution in [2.24, 2.45) is 0 Å². The van der Waals surface area contributed by atoms with Gasteiger partial charge in [0, 0.05) is 12.8 Å². The summed E-state index contributed by atoms with van der Waals surface area (Å²) < 4.78 is 22.6. The van der Waals surface area contributed by atoms with Gasteiger partial charge in [-0.1, -0.05) is 203 Å². The summed E-state index contributed by atoms with van der Waals surface area (Å²) in [6.07, 6.45) is 79.7. The Bertz CT molecular complexity index is 1830. The Morgan fingerprint density at radius 1 is 0.400 bits per heavy atom. The van der Waals surface area contributed by atoms with Gasteiger partial charge in [-0.15, -0.1) is 0 Å². The molecule has 2 unspecified atom stereocenters. The van der Waals surface area contributed by atoms with Crippen LogP contribution in [0.5, 0.6) is 0 Å². The number of hydrogen-bond donors (Lipinski definition) is 0. The van der Waals surface area contributed by atoms with E-state index in [0.717, 1.165) is 122 Å². The minimum Gasteiger partial charge on any atom is -0.545 e. The SMILES string of the molecule is CC/C=C\C/C=C\C/C=C\C/C=C\C/C=C\C/C=C\C/C=C\C/C=C\C/C=C\CCCC(=O)OC(COC(=O)CCCCCCC/C=C\C/C=C\C/C=C\C/C=C\C/C=C\CC)COC(OCC[N+](C)(C)C)C(=O)[O-]. The Labute approximate surface area is 457 Å². The maximum Gasteiger partial charge on any atom is 0.306 e. The normalized spacial score (nSPS) is 14.1. The zero-order chi connectivity index (χ0) is 54.8. The molecule has 0 aliphatic rings. The van der Waals surface area contributed by atoms with Gasteiger partial charge < -0.3 is 33.3 Å². The number of carboxylic acids is 1. The number of hydrogen-bond acceptors (Lipinski definition) is 8. The van der Waals surface area contributed by atoms with Crippen molar-refractivity contribution in [3.8, 4) is 0 Å². The molecule has 9 heteroatoms. The summed E-state index contributed by atoms with van der Waals surface area (Å²) in [6.45, 7) is 4.39. The van der Waals surface area contributed by atoms with Gasteiger partial charge >= 0.3 is 11.9 Å². The molecule has 0 aromatic carbocycles. The van der Waals surface area contributed by atoms with Gasteiger partial charge in [0.2, 0.25) is 0 Å². The van der Waals surface area contributed by atoms with Crippen LogP contribution < -0.4 is 5.11 Å². The second kappa shape index (κ2) is 54.9. The molecule has 0 radical (unpaired) electrons. The number of carbonyl (C=O) groups excluding carboxylic acids is 3. The fourth-order valence-electron chi connectivity index (χ4n) is 6.68. The van der Waals surface area contributed by atoms with Gasteiger partial charge in [0.25, 0.3) is 0 Å². The number of quaternary nitrogens is 1. The van der Waals surface area contributed by atoms with Crippen molar-refractivity contribution in [2.45, 2.75) is 180 Å². The van der Waals surface area contributed by atoms with E-state index < -0.39 is 30.3 Å². The van der Waals surface area contributed by atoms with E-state index in [1.807, 2.05) is 27.2 Å². The van der Waals surface area contributed by atoms with E-state index in [1.54, 1.807) is 0 Å². The maximum absolute atomic E-state index is 12.8. The number of allylic oxidation sites excluding steroid dienone is 28. The predicted octanol–water partition coefficient (Wildman–Crippen LogP) is 15.4. The zero-order valence-corrected chi connectivity index (χ0v) is 47.3. The number of unbranched alkanes of at least 4 members (excludes halogenated alkanes) is 6. The number of likely N-dealkylation sites (N-methyl/N-ethyl adjacent to an activating group) is 1. The molecule has 418 valence electrons. The molecule has 0 saturated carbocycles. The summed E-state index contributed by atoms with van der Waals surface area (Å²) in [5, 5.41) is 11.8. The molecule has 0 aliphatic carbocycles. The number of carbonyl (C=O) groups is 3. The van der Waals surface area contributed by atoms with E-state index in [4.69, 9.17) is 18.9 Å². The lowest BCUT2D eigenvalue weighted by atomic mass is 10.1. The van der Waals surface area contributed by atoms with Crippen molar-refractivity contribution in [3.63, 3.8) is 0 Å². The predicted molar refractivity (Wildman–Crippen MR) is 315 cm³/mol. The number of nitrogens with zero attached hydrogens (tertiary/aromatic N) is 1. The molecule has 2 atom stereocenters. The number of esters is 2. The third-order valence-electron chi connectivity index (χ3n) is 11.0. The monoisotopic (exact) mass is 1040 g/mol. The van der Waals surface area contributed by atoms with Gasteiger partial charge in [0.15, 0.2) is 12.4 Å². The first-order valence-electron chi connectivity index (χ1n) is 28.3. The largest absolute Gasteiger partial charge is 0.545 e. The van der Waals surface area contributed by atoms with Crippen LogP contribution in [0.1, 0.15) is 168 Å². The van der Waals surface area contributed by atoms with Crippen LogP contribution in [-0.4, -0.2) is 82.3 Å². The lowest BCUT2D eigenvalue weighted by Gasteiger charge is -2.26. The van der Waals surface area contributed by atoms with E-state index in [1.165, 1.54) is 0 Å². The van der Waals surface area contributed by atoms with E-state index in [0.29, 0.717) is 30.3 Å². The van der Waals surface area contributed by atoms with Gasteiger partial charge in [-0.05, 0) is 122 Å². The first kappa shape index (κ1) is 69.7. The van der Waals surface area contributed by atoms with Crippen LogP contribution in [-0.2, 0) is 33.3 Å². The quantitative estimate of drug-likeness (QED) is 0.0195. The fraction of sp³-hybridized carbons (Fsp3) is 0.530. The van der Waals surface area contributed by atoms with E-state index in [9.17, 15) is 19.5 Å². The van der Waals surface area contributed by atoms with Crippen molar-refractivity contribution >= 4 is 17.9 Å². The molecule has 0 aliphatic heterocycles. The average molecular weight is 1040 g/mol. The van der Waals surface area contributed by atoms with Crippen LogP contribution in [0.25, 0.3) is 0 Å². The third kappa shape index (κ3) is 56.2. The molecule has 75 heavy (non-hydrogen) atoms. The molecular formula is C66H101NO8. The average Bonchev–Trinajstić information content (AvgIpc) is 3.38. The minimum atomic E-state index is -1.65. The first-order valence-corrected chi connectivity index (χ1v) is 28.3. The number of aliphatic carboxylic acids is 1. The molecule has 0 aromatic rings. The number of carboxylic acid groups (broad SMARTS) is 1. The summed E-state index contributed by atoms with van der Waals surface area (Å²) in [7, 11) is 5.87. The highest BCUT2D eigenvalue weighted by atomic mass is 16.7. The fourth-order valence-corrected chi connectivity index (χ4v) is 6.68. The number of rotatable bonds is 49. The van der Waals surface area contributed by atoms with Crippen molar-refractivity contribution in [3.05, 3.63) is 170 Å². The molecule has 0 saturated heterocycles. The number of ether oxygens (including phenoxy) is 4. The summed E-state index contributed by atoms with van der Waals surface area (Å²) in [6, 6.07) is 0. The lowest BCUT2D eigenvalue weighted by molar-refractivity contribution is -0.870. The Hall–Kier alpha value is -5.35. The second-order valence-electron chi connectivity index (χ2n) is 19.1. The smallest absolute Gasteiger partial charge is 0.306 e. The van der Waals surface area contributed by atoms with Crippen LogP contribution in [0.15, 0.2) is 170 Å². The lowest BCUT2D eigenvalue weighted by Crippen LogP contribution is -2.44. The molecular weight excluding hydrogens is 935 g/mol. The molecule has 0 N–H and O–H groups in total. The highest BCUT2D eigenvalue weighted by molar-refractivity contribution is 5.70. The molecule has 0 heterocycles. The summed E-state index contributed by atoms with van der Waals surface area (Å²) in [5.74, 6) is -2.42. The zero-order valence-electron chi connectivity index (χ0n) is 47.3. The van der Waals surface area contributed by atoms with Crippen molar-refractivity contribution in [1.82, 2.24) is 0 Å². The van der Waals surface area contributed by atoms with Crippen LogP contribution in [0.3, 0.4) is 0 Å². The van der Waals surface area contributed by atoms with Gasteiger partial charge in [-0.25, -0.2) is 0 Å². The molecule has 9 nitrogen and oxygen atoms in total. The van der Waals surface area contributed by atoms with Crippen molar-refractivity contribution in [2.75, 3.05) is 47.5 Å². The summed E-state index contributed by atoms with van der Waals surface area (Å²) >= 11 is 0. The minimum absolute atomic E-state index is 0.122. The van der Waals surface area contributed by atoms with Crippen LogP contribution in [0.4, 0.5) is 0 Å². The van der Waals surface area contributed by atoms with Gasteiger partial charge in [-0.2, -0.15) is 0 Å². The van der Waals surface area contributed by atoms with Crippen LogP contribution >= 0.6 is 0 Å². The second-order valence-corrected chi connectivity index (χ2v) is 19.1. The standard InChI is InChI=1S/C66H101NO8/c1-6-8-10-12-14-16-18-20-22-24-26-28-29-30-31-32-33-34-35-37-39-41-43-45-47-49-51-53-55-57-64(69)75-62(61-74-66(65(70)71)72-59-58-67(3,4)5)60-73-63(68)56-54-52-50-48-46-44-42-40-38-36-27-25-23-21-19-17-15-13-11-9-7-2/h8-11,14-17,20-23,26-28,30-31,33-34,36-37,39-40,42-43,45,49,51,62,66H,6-7,12-13,18-19,24-25,29,32,35,38,41,44,46-48,50,52-61H2,1-5H3/b10-8-,11-9-,16-14-,17-15-,22-20-,23-21-,28-26-,31-30-,34-33-,36-27-,39-37-,42-40-,45-43-,51-49-. The highest BCUT2D eigenvalue weighted by Crippen LogP contribution is 2.11. The van der Waals surface area contributed by atoms with Crippen molar-refractivity contribution in [1.29, 1.82) is 0 Å². The Morgan fingerprint density at radius 2 is 0.733 bits per heavy atom. The molecule has 0 spiro atoms. The Morgan fingerprint density at radius 3 is 1.11 bits per heavy atom. The summed E-state index contributed by atoms with van der Waals surface area (Å²) in [4.78, 5) is 37.3. The highest BCUT2D eigenvalue weighted by Gasteiger charge is 2.21. The molecule has 0 bridgehead atoms. The van der Waals surface area contributed by atoms with Crippen molar-refractivity contribution < 1.29 is 42.9 Å². The van der Waals surface area contributed by atoms with E-state index >= 15 is 0 Å². The molecule has 0 amide bonds. The molecule has 0 aromatic heterocycles. The molecule has 0 fully saturated rings. The van der Waals surface area contributed by atoms with Crippen LogP contribution in [0.2, 0.25) is 0 Å². The first-order chi connectivity index (χ1) is 36.6. The Balaban J connectivity index is 4.48. The van der Waals surface area contributed by atoms with Gasteiger partial charge in [0.1, 0.15) is 13.2 Å². The van der Waals surface area contributed by atoms with Crippen LogP contribution in [0, 0.1) is 0 Å².